The van der Waals surface area contributed by atoms with Crippen LogP contribution in [-0.2, 0) is 0 Å². The zero-order valence-corrected chi connectivity index (χ0v) is 14.6. The van der Waals surface area contributed by atoms with Crippen LogP contribution < -0.4 is 11.1 Å². The van der Waals surface area contributed by atoms with Crippen molar-refractivity contribution in [1.82, 2.24) is 5.32 Å². The first kappa shape index (κ1) is 15.8. The number of nitrogens with two attached hydrogens (primary N) is 1. The summed E-state index contributed by atoms with van der Waals surface area (Å²) in [5.41, 5.74) is 6.64. The van der Waals surface area contributed by atoms with Gasteiger partial charge in [-0.05, 0) is 80.1 Å². The van der Waals surface area contributed by atoms with E-state index in [1.807, 2.05) is 0 Å². The second kappa shape index (κ2) is 5.85. The van der Waals surface area contributed by atoms with E-state index in [2.05, 4.69) is 33.0 Å². The normalized spacial score (nSPS) is 41.7. The van der Waals surface area contributed by atoms with Gasteiger partial charge in [0.2, 0.25) is 0 Å². The molecule has 3 N–H and O–H groups in total. The largest absolute Gasteiger partial charge is 0.329 e. The van der Waals surface area contributed by atoms with E-state index in [1.54, 1.807) is 0 Å². The van der Waals surface area contributed by atoms with E-state index in [0.717, 1.165) is 54.5 Å². The Labute approximate surface area is 131 Å². The molecule has 0 aliphatic heterocycles. The second-order valence-corrected chi connectivity index (χ2v) is 9.08. The quantitative estimate of drug-likeness (QED) is 0.784. The van der Waals surface area contributed by atoms with Gasteiger partial charge in [-0.15, -0.1) is 0 Å². The standard InChI is InChI=1S/C19H36N2/c1-12(2)18(13(3)4)10-21-19(11-20)16-6-14-5-15(8-16)9-17(19)7-14/h12-18,21H,5-11,20H2,1-4H3. The molecule has 0 amide bonds. The minimum Gasteiger partial charge on any atom is -0.329 e. The molecule has 21 heavy (non-hydrogen) atoms. The van der Waals surface area contributed by atoms with E-state index >= 15 is 0 Å². The molecule has 4 fully saturated rings. The van der Waals surface area contributed by atoms with Crippen LogP contribution in [0, 0.1) is 41.4 Å². The molecule has 0 aromatic heterocycles. The topological polar surface area (TPSA) is 38.0 Å². The fraction of sp³-hybridized carbons (Fsp3) is 1.00. The van der Waals surface area contributed by atoms with Crippen molar-refractivity contribution in [3.05, 3.63) is 0 Å². The van der Waals surface area contributed by atoms with Gasteiger partial charge in [-0.25, -0.2) is 0 Å². The summed E-state index contributed by atoms with van der Waals surface area (Å²) in [6, 6.07) is 0. The Kier molecular flexibility index (Phi) is 4.40. The third-order valence-electron chi connectivity index (χ3n) is 7.31. The van der Waals surface area contributed by atoms with Crippen LogP contribution in [0.25, 0.3) is 0 Å². The zero-order valence-electron chi connectivity index (χ0n) is 14.6. The summed E-state index contributed by atoms with van der Waals surface area (Å²) in [7, 11) is 0. The molecule has 0 aromatic carbocycles. The summed E-state index contributed by atoms with van der Waals surface area (Å²) in [5, 5.41) is 4.07. The summed E-state index contributed by atoms with van der Waals surface area (Å²) in [6.07, 6.45) is 7.32. The van der Waals surface area contributed by atoms with Crippen molar-refractivity contribution in [2.75, 3.05) is 13.1 Å². The summed E-state index contributed by atoms with van der Waals surface area (Å²) in [4.78, 5) is 0. The van der Waals surface area contributed by atoms with Crippen molar-refractivity contribution in [1.29, 1.82) is 0 Å². The number of hydrogen-bond donors (Lipinski definition) is 2. The molecule has 4 aliphatic rings. The van der Waals surface area contributed by atoms with Crippen molar-refractivity contribution in [3.63, 3.8) is 0 Å². The van der Waals surface area contributed by atoms with Crippen LogP contribution in [0.4, 0.5) is 0 Å². The van der Waals surface area contributed by atoms with Gasteiger partial charge < -0.3 is 11.1 Å². The second-order valence-electron chi connectivity index (χ2n) is 9.08. The first-order chi connectivity index (χ1) is 9.96. The lowest BCUT2D eigenvalue weighted by atomic mass is 9.48. The average molecular weight is 293 g/mol. The number of hydrogen-bond acceptors (Lipinski definition) is 2. The molecule has 4 saturated carbocycles. The van der Waals surface area contributed by atoms with Crippen molar-refractivity contribution < 1.29 is 0 Å². The number of rotatable bonds is 6. The Morgan fingerprint density at radius 3 is 1.76 bits per heavy atom. The molecular formula is C19H36N2. The molecule has 0 spiro atoms. The molecule has 0 unspecified atom stereocenters. The lowest BCUT2D eigenvalue weighted by Gasteiger charge is -2.61. The summed E-state index contributed by atoms with van der Waals surface area (Å²) < 4.78 is 0. The van der Waals surface area contributed by atoms with E-state index in [9.17, 15) is 0 Å². The molecule has 2 nitrogen and oxygen atoms in total. The van der Waals surface area contributed by atoms with Gasteiger partial charge in [-0.2, -0.15) is 0 Å². The van der Waals surface area contributed by atoms with Gasteiger partial charge >= 0.3 is 0 Å². The van der Waals surface area contributed by atoms with Crippen molar-refractivity contribution in [2.45, 2.75) is 65.3 Å². The molecular weight excluding hydrogens is 256 g/mol. The predicted octanol–water partition coefficient (Wildman–Crippen LogP) is 3.66. The molecule has 4 rings (SSSR count). The zero-order chi connectivity index (χ0) is 15.2. The maximum atomic E-state index is 6.36. The maximum absolute atomic E-state index is 6.36. The molecule has 0 heterocycles. The van der Waals surface area contributed by atoms with Gasteiger partial charge in [0.15, 0.2) is 0 Å². The Morgan fingerprint density at radius 2 is 1.38 bits per heavy atom. The van der Waals surface area contributed by atoms with Gasteiger partial charge in [-0.1, -0.05) is 27.7 Å². The third-order valence-corrected chi connectivity index (χ3v) is 7.31. The van der Waals surface area contributed by atoms with E-state index in [1.165, 1.54) is 32.1 Å². The van der Waals surface area contributed by atoms with Crippen LogP contribution in [0.1, 0.15) is 59.8 Å². The summed E-state index contributed by atoms with van der Waals surface area (Å²) >= 11 is 0. The van der Waals surface area contributed by atoms with E-state index in [-0.39, 0.29) is 5.54 Å². The van der Waals surface area contributed by atoms with Crippen LogP contribution in [0.5, 0.6) is 0 Å². The molecule has 0 radical (unpaired) electrons. The molecule has 4 aliphatic carbocycles. The third kappa shape index (κ3) is 2.67. The van der Waals surface area contributed by atoms with Crippen molar-refractivity contribution in [3.8, 4) is 0 Å². The van der Waals surface area contributed by atoms with Gasteiger partial charge in [0.1, 0.15) is 0 Å². The van der Waals surface area contributed by atoms with Gasteiger partial charge in [-0.3, -0.25) is 0 Å². The van der Waals surface area contributed by atoms with Gasteiger partial charge in [0.25, 0.3) is 0 Å². The maximum Gasteiger partial charge on any atom is 0.0361 e. The minimum absolute atomic E-state index is 0.273. The van der Waals surface area contributed by atoms with Gasteiger partial charge in [0.05, 0.1) is 0 Å². The van der Waals surface area contributed by atoms with E-state index in [0.29, 0.717) is 0 Å². The Bertz CT molecular complexity index is 325. The molecule has 2 heteroatoms. The smallest absolute Gasteiger partial charge is 0.0361 e. The van der Waals surface area contributed by atoms with Crippen molar-refractivity contribution in [2.24, 2.45) is 47.2 Å². The Hall–Kier alpha value is -0.0800. The van der Waals surface area contributed by atoms with Gasteiger partial charge in [0, 0.05) is 12.1 Å². The lowest BCUT2D eigenvalue weighted by molar-refractivity contribution is -0.0717. The minimum atomic E-state index is 0.273. The summed E-state index contributed by atoms with van der Waals surface area (Å²) in [5.74, 6) is 6.05. The van der Waals surface area contributed by atoms with Crippen LogP contribution in [0.3, 0.4) is 0 Å². The highest BCUT2D eigenvalue weighted by molar-refractivity contribution is 5.11. The average Bonchev–Trinajstić information content (AvgIpc) is 2.40. The summed E-state index contributed by atoms with van der Waals surface area (Å²) in [6.45, 7) is 11.5. The van der Waals surface area contributed by atoms with Crippen LogP contribution >= 0.6 is 0 Å². The first-order valence-corrected chi connectivity index (χ1v) is 9.41. The molecule has 122 valence electrons. The van der Waals surface area contributed by atoms with E-state index in [4.69, 9.17) is 5.73 Å². The molecule has 0 aromatic rings. The van der Waals surface area contributed by atoms with Crippen LogP contribution in [0.2, 0.25) is 0 Å². The Morgan fingerprint density at radius 1 is 0.905 bits per heavy atom. The molecule has 0 saturated heterocycles. The van der Waals surface area contributed by atoms with E-state index < -0.39 is 0 Å². The highest BCUT2D eigenvalue weighted by Crippen LogP contribution is 2.58. The fourth-order valence-electron chi connectivity index (χ4n) is 6.27. The molecule has 0 atom stereocenters. The Balaban J connectivity index is 1.72. The van der Waals surface area contributed by atoms with Crippen LogP contribution in [-0.4, -0.2) is 18.6 Å². The van der Waals surface area contributed by atoms with Crippen molar-refractivity contribution >= 4 is 0 Å². The number of nitrogens with one attached hydrogen (secondary N) is 1. The predicted molar refractivity (Wildman–Crippen MR) is 90.0 cm³/mol. The lowest BCUT2D eigenvalue weighted by Crippen LogP contribution is -2.69. The molecule has 4 bridgehead atoms. The monoisotopic (exact) mass is 292 g/mol. The highest BCUT2D eigenvalue weighted by Gasteiger charge is 2.56. The fourth-order valence-corrected chi connectivity index (χ4v) is 6.27. The highest BCUT2D eigenvalue weighted by atomic mass is 15.0. The SMILES string of the molecule is CC(C)C(CNC1(CN)C2CC3CC(C2)CC1C3)C(C)C. The first-order valence-electron chi connectivity index (χ1n) is 9.41. The van der Waals surface area contributed by atoms with Crippen LogP contribution in [0.15, 0.2) is 0 Å².